The summed E-state index contributed by atoms with van der Waals surface area (Å²) in [6.45, 7) is 0. The van der Waals surface area contributed by atoms with E-state index in [9.17, 15) is 14.4 Å². The fourth-order valence-corrected chi connectivity index (χ4v) is 5.14. The lowest BCUT2D eigenvalue weighted by molar-refractivity contribution is -0.117. The molecule has 1 aliphatic rings. The van der Waals surface area contributed by atoms with Crippen LogP contribution in [0.15, 0.2) is 54.6 Å². The van der Waals surface area contributed by atoms with Gasteiger partial charge in [-0.15, -0.1) is 11.3 Å². The van der Waals surface area contributed by atoms with Gasteiger partial charge in [-0.1, -0.05) is 49.6 Å². The number of thiophene rings is 1. The van der Waals surface area contributed by atoms with E-state index in [2.05, 4.69) is 16.0 Å². The minimum atomic E-state index is -0.764. The number of amides is 4. The molecule has 0 unspecified atom stereocenters. The van der Waals surface area contributed by atoms with Crippen LogP contribution in [0, 0.1) is 0 Å². The zero-order valence-corrected chi connectivity index (χ0v) is 19.5. The highest BCUT2D eigenvalue weighted by Gasteiger charge is 2.24. The van der Waals surface area contributed by atoms with Crippen LogP contribution >= 0.6 is 11.3 Å². The monoisotopic (exact) mass is 480 g/mol. The first-order valence-electron chi connectivity index (χ1n) is 11.4. The molecule has 4 rings (SSSR count). The van der Waals surface area contributed by atoms with Crippen molar-refractivity contribution in [2.45, 2.75) is 50.6 Å². The maximum absolute atomic E-state index is 13.2. The normalized spacial score (nSPS) is 14.9. The van der Waals surface area contributed by atoms with Gasteiger partial charge < -0.3 is 16.0 Å². The minimum Gasteiger partial charge on any atom is -0.335 e. The number of fused-ring (bicyclic) bond motifs is 1. The molecule has 5 N–H and O–H groups in total. The minimum absolute atomic E-state index is 0.139. The summed E-state index contributed by atoms with van der Waals surface area (Å²) in [6, 6.07) is 15.6. The number of rotatable bonds is 7. The second kappa shape index (κ2) is 11.1. The van der Waals surface area contributed by atoms with E-state index >= 15 is 0 Å². The Balaban J connectivity index is 1.47. The van der Waals surface area contributed by atoms with E-state index in [4.69, 9.17) is 5.21 Å². The number of hydrogen-bond donors (Lipinski definition) is 5. The van der Waals surface area contributed by atoms with Crippen molar-refractivity contribution in [3.05, 3.63) is 65.0 Å². The topological polar surface area (TPSA) is 120 Å². The molecule has 4 amide bonds. The molecule has 1 saturated carbocycles. The lowest BCUT2D eigenvalue weighted by atomic mass is 9.96. The number of hydroxylamine groups is 1. The molecule has 0 radical (unpaired) electrons. The van der Waals surface area contributed by atoms with Crippen molar-refractivity contribution in [3.8, 4) is 0 Å². The van der Waals surface area contributed by atoms with Crippen LogP contribution < -0.4 is 21.4 Å². The molecule has 8 nitrogen and oxygen atoms in total. The van der Waals surface area contributed by atoms with Gasteiger partial charge in [0.25, 0.3) is 5.91 Å². The molecule has 1 fully saturated rings. The second-order valence-electron chi connectivity index (χ2n) is 8.49. The summed E-state index contributed by atoms with van der Waals surface area (Å²) in [4.78, 5) is 37.9. The first kappa shape index (κ1) is 23.7. The average Bonchev–Trinajstić information content (AvgIpc) is 3.28. The molecular weight excluding hydrogens is 452 g/mol. The van der Waals surface area contributed by atoms with Gasteiger partial charge in [0.1, 0.15) is 6.04 Å². The van der Waals surface area contributed by atoms with Gasteiger partial charge in [0.05, 0.1) is 4.88 Å². The van der Waals surface area contributed by atoms with Gasteiger partial charge in [-0.05, 0) is 48.1 Å². The fraction of sp³-hybridized carbons (Fsp3) is 0.320. The molecule has 0 aliphatic heterocycles. The molecular formula is C25H28N4O4S. The summed E-state index contributed by atoms with van der Waals surface area (Å²) in [5.74, 6) is -0.909. The predicted octanol–water partition coefficient (Wildman–Crippen LogP) is 4.20. The highest BCUT2D eigenvalue weighted by Crippen LogP contribution is 2.28. The summed E-state index contributed by atoms with van der Waals surface area (Å²) < 4.78 is 0.849. The van der Waals surface area contributed by atoms with Crippen molar-refractivity contribution in [3.63, 3.8) is 0 Å². The summed E-state index contributed by atoms with van der Waals surface area (Å²) in [6.07, 6.45) is 5.67. The Morgan fingerprint density at radius 3 is 2.50 bits per heavy atom. The van der Waals surface area contributed by atoms with Gasteiger partial charge in [-0.3, -0.25) is 14.8 Å². The number of nitrogens with one attached hydrogen (secondary N) is 4. The SMILES string of the molecule is O=C(NC1CCCCC1)N[C@@H](Cc1ccccc1)C(=O)Nc1ccc2sc(C(=O)NO)cc2c1. The van der Waals surface area contributed by atoms with E-state index in [-0.39, 0.29) is 18.0 Å². The molecule has 3 aromatic rings. The Morgan fingerprint density at radius 2 is 1.76 bits per heavy atom. The van der Waals surface area contributed by atoms with E-state index in [1.807, 2.05) is 30.3 Å². The molecule has 0 saturated heterocycles. The molecule has 178 valence electrons. The van der Waals surface area contributed by atoms with E-state index < -0.39 is 11.9 Å². The first-order valence-corrected chi connectivity index (χ1v) is 12.2. The zero-order valence-electron chi connectivity index (χ0n) is 18.7. The first-order chi connectivity index (χ1) is 16.5. The van der Waals surface area contributed by atoms with Gasteiger partial charge in [0.15, 0.2) is 0 Å². The highest BCUT2D eigenvalue weighted by atomic mass is 32.1. The Kier molecular flexibility index (Phi) is 7.76. The van der Waals surface area contributed by atoms with Crippen molar-refractivity contribution < 1.29 is 19.6 Å². The Hall–Kier alpha value is -3.43. The van der Waals surface area contributed by atoms with Crippen LogP contribution in [0.2, 0.25) is 0 Å². The van der Waals surface area contributed by atoms with Crippen LogP contribution in [0.4, 0.5) is 10.5 Å². The molecule has 1 atom stereocenters. The summed E-state index contributed by atoms with van der Waals surface area (Å²) in [5.41, 5.74) is 3.12. The van der Waals surface area contributed by atoms with Crippen LogP contribution in [0.5, 0.6) is 0 Å². The zero-order chi connectivity index (χ0) is 23.9. The van der Waals surface area contributed by atoms with Crippen LogP contribution in [-0.2, 0) is 11.2 Å². The quantitative estimate of drug-likeness (QED) is 0.257. The van der Waals surface area contributed by atoms with Gasteiger partial charge >= 0.3 is 6.03 Å². The second-order valence-corrected chi connectivity index (χ2v) is 9.57. The highest BCUT2D eigenvalue weighted by molar-refractivity contribution is 7.20. The number of carbonyl (C=O) groups excluding carboxylic acids is 3. The fourth-order valence-electron chi connectivity index (χ4n) is 4.21. The third-order valence-corrected chi connectivity index (χ3v) is 7.07. The van der Waals surface area contributed by atoms with Crippen LogP contribution in [-0.4, -0.2) is 35.1 Å². The van der Waals surface area contributed by atoms with E-state index in [0.29, 0.717) is 17.0 Å². The predicted molar refractivity (Wildman–Crippen MR) is 132 cm³/mol. The van der Waals surface area contributed by atoms with Crippen LogP contribution in [0.1, 0.15) is 47.3 Å². The molecule has 1 aromatic heterocycles. The van der Waals surface area contributed by atoms with Crippen molar-refractivity contribution in [2.24, 2.45) is 0 Å². The Morgan fingerprint density at radius 1 is 1.00 bits per heavy atom. The largest absolute Gasteiger partial charge is 0.335 e. The number of hydrogen-bond acceptors (Lipinski definition) is 5. The number of anilines is 1. The van der Waals surface area contributed by atoms with Crippen molar-refractivity contribution in [1.29, 1.82) is 0 Å². The molecule has 0 bridgehead atoms. The lowest BCUT2D eigenvalue weighted by Crippen LogP contribution is -2.51. The van der Waals surface area contributed by atoms with Crippen LogP contribution in [0.3, 0.4) is 0 Å². The molecule has 2 aromatic carbocycles. The summed E-state index contributed by atoms with van der Waals surface area (Å²) >= 11 is 1.24. The third kappa shape index (κ3) is 6.12. The van der Waals surface area contributed by atoms with Crippen LogP contribution in [0.25, 0.3) is 10.1 Å². The number of benzene rings is 2. The van der Waals surface area contributed by atoms with Crippen molar-refractivity contribution in [2.75, 3.05) is 5.32 Å². The van der Waals surface area contributed by atoms with E-state index in [1.165, 1.54) is 17.8 Å². The standard InChI is InChI=1S/C25H28N4O4S/c30-23(26-19-11-12-21-17(14-19)15-22(34-21)24(31)29-33)20(13-16-7-3-1-4-8-16)28-25(32)27-18-9-5-2-6-10-18/h1,3-4,7-8,11-12,14-15,18,20,33H,2,5-6,9-10,13H2,(H,26,30)(H,29,31)(H2,27,28,32)/t20-/m0/s1. The molecule has 1 aliphatic carbocycles. The van der Waals surface area contributed by atoms with E-state index in [0.717, 1.165) is 41.3 Å². The number of urea groups is 1. The molecule has 9 heteroatoms. The smallest absolute Gasteiger partial charge is 0.315 e. The van der Waals surface area contributed by atoms with Gasteiger partial charge in [0, 0.05) is 22.8 Å². The van der Waals surface area contributed by atoms with E-state index in [1.54, 1.807) is 29.7 Å². The van der Waals surface area contributed by atoms with Crippen molar-refractivity contribution >= 4 is 45.0 Å². The number of carbonyl (C=O) groups is 3. The summed E-state index contributed by atoms with van der Waals surface area (Å²) in [5, 5.41) is 18.4. The Bertz CT molecular complexity index is 1160. The molecule has 34 heavy (non-hydrogen) atoms. The van der Waals surface area contributed by atoms with Gasteiger partial charge in [-0.2, -0.15) is 0 Å². The molecule has 1 heterocycles. The third-order valence-electron chi connectivity index (χ3n) is 5.95. The average molecular weight is 481 g/mol. The van der Waals surface area contributed by atoms with Crippen molar-refractivity contribution in [1.82, 2.24) is 16.1 Å². The van der Waals surface area contributed by atoms with Gasteiger partial charge in [-0.25, -0.2) is 10.3 Å². The maximum atomic E-state index is 13.2. The molecule has 0 spiro atoms. The summed E-state index contributed by atoms with van der Waals surface area (Å²) in [7, 11) is 0. The Labute approximate surface area is 201 Å². The maximum Gasteiger partial charge on any atom is 0.315 e. The van der Waals surface area contributed by atoms with Gasteiger partial charge in [0.2, 0.25) is 5.91 Å². The lowest BCUT2D eigenvalue weighted by Gasteiger charge is -2.25.